The van der Waals surface area contributed by atoms with Crippen LogP contribution < -0.4 is 0 Å². The lowest BCUT2D eigenvalue weighted by atomic mass is 10.0. The van der Waals surface area contributed by atoms with Crippen molar-refractivity contribution in [1.29, 1.82) is 0 Å². The summed E-state index contributed by atoms with van der Waals surface area (Å²) in [6, 6.07) is 30.9. The minimum atomic E-state index is -0.167. The van der Waals surface area contributed by atoms with Gasteiger partial charge in [0.1, 0.15) is 6.61 Å². The van der Waals surface area contributed by atoms with Crippen LogP contribution in [0.2, 0.25) is 0 Å². The van der Waals surface area contributed by atoms with E-state index in [2.05, 4.69) is 67.3 Å². The van der Waals surface area contributed by atoms with Crippen molar-refractivity contribution in [1.82, 2.24) is 4.90 Å². The van der Waals surface area contributed by atoms with Gasteiger partial charge in [-0.05, 0) is 30.5 Å². The molecule has 0 fully saturated rings. The highest BCUT2D eigenvalue weighted by molar-refractivity contribution is 5.70. The summed E-state index contributed by atoms with van der Waals surface area (Å²) >= 11 is 0. The van der Waals surface area contributed by atoms with Crippen LogP contribution in [0.1, 0.15) is 43.0 Å². The molecular formula is C26H29NO2. The summed E-state index contributed by atoms with van der Waals surface area (Å²) in [7, 11) is 0. The van der Waals surface area contributed by atoms with E-state index in [1.807, 2.05) is 42.5 Å². The molecule has 3 nitrogen and oxygen atoms in total. The Balaban J connectivity index is 1.67. The number of hydrogen-bond donors (Lipinski definition) is 0. The van der Waals surface area contributed by atoms with E-state index in [1.165, 1.54) is 11.1 Å². The van der Waals surface area contributed by atoms with Crippen molar-refractivity contribution in [2.75, 3.05) is 0 Å². The molecule has 2 atom stereocenters. The molecule has 3 rings (SSSR count). The van der Waals surface area contributed by atoms with Crippen LogP contribution in [-0.2, 0) is 22.7 Å². The molecule has 0 spiro atoms. The molecule has 0 bridgehead atoms. The fourth-order valence-electron chi connectivity index (χ4n) is 3.55. The topological polar surface area (TPSA) is 29.5 Å². The molecule has 0 heterocycles. The van der Waals surface area contributed by atoms with E-state index in [0.29, 0.717) is 13.0 Å². The Bertz CT molecular complexity index is 865. The highest BCUT2D eigenvalue weighted by atomic mass is 16.5. The van der Waals surface area contributed by atoms with Crippen molar-refractivity contribution in [3.63, 3.8) is 0 Å². The molecule has 150 valence electrons. The highest BCUT2D eigenvalue weighted by Crippen LogP contribution is 2.26. The van der Waals surface area contributed by atoms with Gasteiger partial charge in [0.05, 0.1) is 6.42 Å². The second-order valence-corrected chi connectivity index (χ2v) is 7.44. The molecule has 0 N–H and O–H groups in total. The van der Waals surface area contributed by atoms with Crippen molar-refractivity contribution in [3.8, 4) is 0 Å². The van der Waals surface area contributed by atoms with Gasteiger partial charge >= 0.3 is 5.97 Å². The van der Waals surface area contributed by atoms with Crippen molar-refractivity contribution >= 4 is 5.97 Å². The fraction of sp³-hybridized carbons (Fsp3) is 0.269. The maximum Gasteiger partial charge on any atom is 0.307 e. The van der Waals surface area contributed by atoms with Crippen molar-refractivity contribution < 1.29 is 9.53 Å². The molecule has 0 radical (unpaired) electrons. The van der Waals surface area contributed by atoms with Crippen LogP contribution in [0.4, 0.5) is 0 Å². The van der Waals surface area contributed by atoms with Gasteiger partial charge in [0.15, 0.2) is 0 Å². The lowest BCUT2D eigenvalue weighted by Gasteiger charge is -2.34. The van der Waals surface area contributed by atoms with E-state index in [9.17, 15) is 4.79 Å². The number of carbonyl (C=O) groups is 1. The number of carbonyl (C=O) groups excluding carboxylic acids is 1. The van der Waals surface area contributed by atoms with Gasteiger partial charge in [-0.2, -0.15) is 0 Å². The summed E-state index contributed by atoms with van der Waals surface area (Å²) in [5, 5.41) is 0. The van der Waals surface area contributed by atoms with E-state index in [0.717, 1.165) is 12.1 Å². The first kappa shape index (κ1) is 20.8. The maximum atomic E-state index is 12.5. The van der Waals surface area contributed by atoms with Crippen LogP contribution in [-0.4, -0.2) is 16.9 Å². The summed E-state index contributed by atoms with van der Waals surface area (Å²) in [4.78, 5) is 14.9. The number of nitrogens with zero attached hydrogens (tertiary/aromatic N) is 1. The van der Waals surface area contributed by atoms with Gasteiger partial charge in [0.25, 0.3) is 0 Å². The molecule has 0 amide bonds. The van der Waals surface area contributed by atoms with Crippen LogP contribution in [0.15, 0.2) is 91.0 Å². The molecular weight excluding hydrogens is 358 g/mol. The summed E-state index contributed by atoms with van der Waals surface area (Å²) in [5.74, 6) is -0.167. The zero-order valence-corrected chi connectivity index (χ0v) is 17.2. The van der Waals surface area contributed by atoms with Gasteiger partial charge in [-0.15, -0.1) is 0 Å². The predicted molar refractivity (Wildman–Crippen MR) is 117 cm³/mol. The molecule has 0 saturated carbocycles. The van der Waals surface area contributed by atoms with E-state index < -0.39 is 0 Å². The van der Waals surface area contributed by atoms with Crippen LogP contribution in [0, 0.1) is 0 Å². The second-order valence-electron chi connectivity index (χ2n) is 7.44. The van der Waals surface area contributed by atoms with Gasteiger partial charge < -0.3 is 4.74 Å². The Morgan fingerprint density at radius 1 is 0.793 bits per heavy atom. The van der Waals surface area contributed by atoms with Gasteiger partial charge in [0, 0.05) is 18.6 Å². The summed E-state index contributed by atoms with van der Waals surface area (Å²) in [6.45, 7) is 5.40. The minimum absolute atomic E-state index is 0.0497. The molecule has 0 saturated heterocycles. The number of esters is 1. The lowest BCUT2D eigenvalue weighted by molar-refractivity contribution is -0.146. The molecule has 3 aromatic carbocycles. The summed E-state index contributed by atoms with van der Waals surface area (Å²) in [6.07, 6.45) is 0.358. The Morgan fingerprint density at radius 3 is 1.90 bits per heavy atom. The Morgan fingerprint density at radius 2 is 1.31 bits per heavy atom. The fourth-order valence-corrected chi connectivity index (χ4v) is 3.55. The van der Waals surface area contributed by atoms with Gasteiger partial charge in [-0.1, -0.05) is 91.0 Å². The smallest absolute Gasteiger partial charge is 0.307 e. The standard InChI is InChI=1S/C26H29NO2/c1-21(18-26(28)29-20-24-14-8-4-9-15-24)27(19-23-12-6-3-7-13-23)22(2)25-16-10-5-11-17-25/h3-17,21-22H,18-20H2,1-2H3/t21-,22-/m1/s1. The third kappa shape index (κ3) is 6.30. The van der Waals surface area contributed by atoms with E-state index in [4.69, 9.17) is 4.74 Å². The first-order valence-corrected chi connectivity index (χ1v) is 10.2. The van der Waals surface area contributed by atoms with Crippen LogP contribution >= 0.6 is 0 Å². The molecule has 0 aliphatic rings. The quantitative estimate of drug-likeness (QED) is 0.436. The molecule has 0 aliphatic carbocycles. The van der Waals surface area contributed by atoms with Crippen molar-refractivity contribution in [2.45, 2.75) is 45.5 Å². The number of benzene rings is 3. The van der Waals surface area contributed by atoms with Crippen LogP contribution in [0.5, 0.6) is 0 Å². The lowest BCUT2D eigenvalue weighted by Crippen LogP contribution is -2.36. The first-order chi connectivity index (χ1) is 14.1. The summed E-state index contributed by atoms with van der Waals surface area (Å²) < 4.78 is 5.52. The van der Waals surface area contributed by atoms with E-state index in [-0.39, 0.29) is 18.1 Å². The predicted octanol–water partition coefficient (Wildman–Crippen LogP) is 5.77. The van der Waals surface area contributed by atoms with Crippen molar-refractivity contribution in [2.24, 2.45) is 0 Å². The van der Waals surface area contributed by atoms with Gasteiger partial charge in [0.2, 0.25) is 0 Å². The average Bonchev–Trinajstić information content (AvgIpc) is 2.77. The molecule has 3 aromatic rings. The van der Waals surface area contributed by atoms with Gasteiger partial charge in [-0.25, -0.2) is 0 Å². The zero-order valence-electron chi connectivity index (χ0n) is 17.2. The third-order valence-corrected chi connectivity index (χ3v) is 5.26. The maximum absolute atomic E-state index is 12.5. The largest absolute Gasteiger partial charge is 0.461 e. The molecule has 3 heteroatoms. The Labute approximate surface area is 174 Å². The number of rotatable bonds is 9. The third-order valence-electron chi connectivity index (χ3n) is 5.26. The van der Waals surface area contributed by atoms with E-state index in [1.54, 1.807) is 0 Å². The molecule has 0 aliphatic heterocycles. The minimum Gasteiger partial charge on any atom is -0.461 e. The SMILES string of the molecule is C[C@H](CC(=O)OCc1ccccc1)N(Cc1ccccc1)[C@H](C)c1ccccc1. The summed E-state index contributed by atoms with van der Waals surface area (Å²) in [5.41, 5.74) is 3.49. The number of ether oxygens (including phenoxy) is 1. The van der Waals surface area contributed by atoms with Gasteiger partial charge in [-0.3, -0.25) is 9.69 Å². The molecule has 0 aromatic heterocycles. The highest BCUT2D eigenvalue weighted by Gasteiger charge is 2.24. The monoisotopic (exact) mass is 387 g/mol. The first-order valence-electron chi connectivity index (χ1n) is 10.2. The normalized spacial score (nSPS) is 13.1. The molecule has 29 heavy (non-hydrogen) atoms. The zero-order chi connectivity index (χ0) is 20.5. The van der Waals surface area contributed by atoms with E-state index >= 15 is 0 Å². The average molecular weight is 388 g/mol. The van der Waals surface area contributed by atoms with Crippen LogP contribution in [0.25, 0.3) is 0 Å². The Hall–Kier alpha value is -2.91. The van der Waals surface area contributed by atoms with Crippen molar-refractivity contribution in [3.05, 3.63) is 108 Å². The Kier molecular flexibility index (Phi) is 7.60. The molecule has 0 unspecified atom stereocenters. The second kappa shape index (κ2) is 10.6. The number of hydrogen-bond acceptors (Lipinski definition) is 3. The van der Waals surface area contributed by atoms with Crippen LogP contribution in [0.3, 0.4) is 0 Å².